The molecule has 5 nitrogen and oxygen atoms in total. The van der Waals surface area contributed by atoms with Gasteiger partial charge in [0.15, 0.2) is 0 Å². The van der Waals surface area contributed by atoms with Gasteiger partial charge in [-0.1, -0.05) is 41.9 Å². The molecular weight excluding hydrogens is 396 g/mol. The van der Waals surface area contributed by atoms with Gasteiger partial charge in [0.05, 0.1) is 11.4 Å². The van der Waals surface area contributed by atoms with Gasteiger partial charge in [0, 0.05) is 24.7 Å². The Morgan fingerprint density at radius 3 is 2.29 bits per heavy atom. The van der Waals surface area contributed by atoms with Gasteiger partial charge < -0.3 is 4.90 Å². The van der Waals surface area contributed by atoms with Crippen LogP contribution in [0.15, 0.2) is 59.5 Å². The van der Waals surface area contributed by atoms with E-state index >= 15 is 0 Å². The molecule has 1 aliphatic rings. The van der Waals surface area contributed by atoms with Crippen LogP contribution < -0.4 is 0 Å². The van der Waals surface area contributed by atoms with Crippen LogP contribution in [-0.4, -0.2) is 43.2 Å². The summed E-state index contributed by atoms with van der Waals surface area (Å²) in [4.78, 5) is 15.0. The lowest BCUT2D eigenvalue weighted by Crippen LogP contribution is -2.45. The highest BCUT2D eigenvalue weighted by atomic mass is 35.5. The smallest absolute Gasteiger partial charge is 0.243 e. The van der Waals surface area contributed by atoms with E-state index in [9.17, 15) is 13.2 Å². The van der Waals surface area contributed by atoms with Gasteiger partial charge in [-0.15, -0.1) is 0 Å². The predicted molar refractivity (Wildman–Crippen MR) is 110 cm³/mol. The molecule has 0 radical (unpaired) electrons. The van der Waals surface area contributed by atoms with Gasteiger partial charge in [-0.05, 0) is 55.5 Å². The number of rotatable bonds is 8. The number of nitrogens with zero attached hydrogens (tertiary/aromatic N) is 2. The third-order valence-corrected chi connectivity index (χ3v) is 7.26. The summed E-state index contributed by atoms with van der Waals surface area (Å²) >= 11 is 5.85. The number of halogens is 1. The fourth-order valence-corrected chi connectivity index (χ4v) is 4.47. The summed E-state index contributed by atoms with van der Waals surface area (Å²) in [6.45, 7) is 2.33. The summed E-state index contributed by atoms with van der Waals surface area (Å²) in [5.41, 5.74) is 1.03. The summed E-state index contributed by atoms with van der Waals surface area (Å²) in [6.07, 6.45) is 2.22. The van der Waals surface area contributed by atoms with Gasteiger partial charge >= 0.3 is 0 Å². The number of likely N-dealkylation sites (N-methyl/N-ethyl adjacent to an activating group) is 1. The Morgan fingerprint density at radius 2 is 1.71 bits per heavy atom. The Labute approximate surface area is 172 Å². The molecule has 0 aliphatic heterocycles. The number of carbonyl (C=O) groups is 1. The van der Waals surface area contributed by atoms with E-state index in [2.05, 4.69) is 0 Å². The first-order valence-electron chi connectivity index (χ1n) is 9.34. The van der Waals surface area contributed by atoms with Crippen LogP contribution in [0.4, 0.5) is 0 Å². The molecule has 7 heteroatoms. The Balaban J connectivity index is 1.75. The van der Waals surface area contributed by atoms with Crippen molar-refractivity contribution in [2.45, 2.75) is 37.2 Å². The Bertz CT molecular complexity index is 912. The van der Waals surface area contributed by atoms with Crippen LogP contribution in [0.1, 0.15) is 25.3 Å². The quantitative estimate of drug-likeness (QED) is 0.652. The van der Waals surface area contributed by atoms with Gasteiger partial charge in [-0.25, -0.2) is 8.42 Å². The van der Waals surface area contributed by atoms with E-state index in [0.29, 0.717) is 17.5 Å². The minimum absolute atomic E-state index is 0.0827. The zero-order valence-electron chi connectivity index (χ0n) is 16.1. The standard InChI is InChI=1S/C21H25ClN2O3S/c1-16(18-8-9-18)24(14-17-6-4-3-5-7-17)21(25)15-23(2)28(26,27)20-12-10-19(22)11-13-20/h3-7,10-13,16,18H,8-9,14-15H2,1-2H3. The molecule has 1 fully saturated rings. The molecule has 2 aromatic rings. The lowest BCUT2D eigenvalue weighted by molar-refractivity contribution is -0.134. The average molecular weight is 421 g/mol. The lowest BCUT2D eigenvalue weighted by Gasteiger charge is -2.31. The van der Waals surface area contributed by atoms with Gasteiger partial charge in [0.1, 0.15) is 0 Å². The van der Waals surface area contributed by atoms with E-state index in [1.165, 1.54) is 31.3 Å². The second kappa shape index (κ2) is 8.64. The maximum Gasteiger partial charge on any atom is 0.243 e. The van der Waals surface area contributed by atoms with Crippen molar-refractivity contribution in [2.75, 3.05) is 13.6 Å². The Kier molecular flexibility index (Phi) is 6.43. The van der Waals surface area contributed by atoms with Crippen LogP contribution in [0.25, 0.3) is 0 Å². The highest BCUT2D eigenvalue weighted by Gasteiger charge is 2.35. The summed E-state index contributed by atoms with van der Waals surface area (Å²) < 4.78 is 26.7. The number of amides is 1. The topological polar surface area (TPSA) is 57.7 Å². The molecule has 0 saturated heterocycles. The van der Waals surface area contributed by atoms with Gasteiger partial charge in [-0.2, -0.15) is 4.31 Å². The molecule has 1 aliphatic carbocycles. The molecule has 1 amide bonds. The van der Waals surface area contributed by atoms with Gasteiger partial charge in [0.25, 0.3) is 0 Å². The molecule has 1 saturated carbocycles. The SMILES string of the molecule is CC(C1CC1)N(Cc1ccccc1)C(=O)CN(C)S(=O)(=O)c1ccc(Cl)cc1. The van der Waals surface area contributed by atoms with Crippen LogP contribution in [0, 0.1) is 5.92 Å². The van der Waals surface area contributed by atoms with Crippen molar-refractivity contribution < 1.29 is 13.2 Å². The average Bonchev–Trinajstić information content (AvgIpc) is 3.52. The molecule has 0 aromatic heterocycles. The van der Waals surface area contributed by atoms with Gasteiger partial charge in [-0.3, -0.25) is 4.79 Å². The number of hydrogen-bond acceptors (Lipinski definition) is 3. The third kappa shape index (κ3) is 4.93. The monoisotopic (exact) mass is 420 g/mol. The van der Waals surface area contributed by atoms with Crippen molar-refractivity contribution in [2.24, 2.45) is 5.92 Å². The van der Waals surface area contributed by atoms with Crippen LogP contribution in [0.2, 0.25) is 5.02 Å². The van der Waals surface area contributed by atoms with Crippen LogP contribution in [-0.2, 0) is 21.4 Å². The maximum atomic E-state index is 13.1. The minimum atomic E-state index is -3.76. The molecule has 28 heavy (non-hydrogen) atoms. The largest absolute Gasteiger partial charge is 0.334 e. The van der Waals surface area contributed by atoms with Crippen LogP contribution >= 0.6 is 11.6 Å². The first-order chi connectivity index (χ1) is 13.3. The minimum Gasteiger partial charge on any atom is -0.334 e. The van der Waals surface area contributed by atoms with Crippen LogP contribution in [0.3, 0.4) is 0 Å². The number of sulfonamides is 1. The zero-order valence-corrected chi connectivity index (χ0v) is 17.7. The van der Waals surface area contributed by atoms with E-state index in [0.717, 1.165) is 22.7 Å². The maximum absolute atomic E-state index is 13.1. The molecule has 1 unspecified atom stereocenters. The van der Waals surface area contributed by atoms with E-state index in [-0.39, 0.29) is 23.4 Å². The lowest BCUT2D eigenvalue weighted by atomic mass is 10.1. The first-order valence-corrected chi connectivity index (χ1v) is 11.2. The highest BCUT2D eigenvalue weighted by Crippen LogP contribution is 2.35. The van der Waals surface area contributed by atoms with E-state index in [1.807, 2.05) is 37.3 Å². The van der Waals surface area contributed by atoms with Crippen molar-refractivity contribution in [3.05, 3.63) is 65.2 Å². The molecule has 150 valence electrons. The summed E-state index contributed by atoms with van der Waals surface area (Å²) in [7, 11) is -2.33. The fourth-order valence-electron chi connectivity index (χ4n) is 3.23. The number of carbonyl (C=O) groups excluding carboxylic acids is 1. The van der Waals surface area contributed by atoms with Crippen molar-refractivity contribution in [1.82, 2.24) is 9.21 Å². The van der Waals surface area contributed by atoms with E-state index < -0.39 is 10.0 Å². The Hall–Kier alpha value is -1.89. The molecule has 0 heterocycles. The molecule has 0 spiro atoms. The van der Waals surface area contributed by atoms with Gasteiger partial charge in [0.2, 0.25) is 15.9 Å². The Morgan fingerprint density at radius 1 is 1.11 bits per heavy atom. The van der Waals surface area contributed by atoms with Crippen molar-refractivity contribution in [3.8, 4) is 0 Å². The highest BCUT2D eigenvalue weighted by molar-refractivity contribution is 7.89. The van der Waals surface area contributed by atoms with E-state index in [4.69, 9.17) is 11.6 Å². The fraction of sp³-hybridized carbons (Fsp3) is 0.381. The summed E-state index contributed by atoms with van der Waals surface area (Å²) in [5, 5.41) is 0.463. The second-order valence-corrected chi connectivity index (χ2v) is 9.78. The number of benzene rings is 2. The molecule has 0 N–H and O–H groups in total. The zero-order chi connectivity index (χ0) is 20.3. The predicted octanol–water partition coefficient (Wildman–Crippen LogP) is 3.79. The molecule has 1 atom stereocenters. The van der Waals surface area contributed by atoms with Crippen molar-refractivity contribution >= 4 is 27.5 Å². The molecule has 2 aromatic carbocycles. The summed E-state index contributed by atoms with van der Waals surface area (Å²) in [6, 6.07) is 15.8. The van der Waals surface area contributed by atoms with Crippen LogP contribution in [0.5, 0.6) is 0 Å². The first kappa shape index (κ1) is 20.8. The molecular formula is C21H25ClN2O3S. The second-order valence-electron chi connectivity index (χ2n) is 7.30. The third-order valence-electron chi connectivity index (χ3n) is 5.19. The van der Waals surface area contributed by atoms with Crippen molar-refractivity contribution in [3.63, 3.8) is 0 Å². The summed E-state index contributed by atoms with van der Waals surface area (Å²) in [5.74, 6) is 0.300. The number of hydrogen-bond donors (Lipinski definition) is 0. The van der Waals surface area contributed by atoms with Crippen molar-refractivity contribution in [1.29, 1.82) is 0 Å². The molecule has 0 bridgehead atoms. The van der Waals surface area contributed by atoms with E-state index in [1.54, 1.807) is 4.90 Å². The normalized spacial score (nSPS) is 15.4. The molecule has 3 rings (SSSR count).